The van der Waals surface area contributed by atoms with Crippen molar-refractivity contribution in [3.8, 4) is 0 Å². The summed E-state index contributed by atoms with van der Waals surface area (Å²) in [4.78, 5) is 11.2. The fourth-order valence-corrected chi connectivity index (χ4v) is 1.50. The number of esters is 1. The van der Waals surface area contributed by atoms with Crippen molar-refractivity contribution in [2.45, 2.75) is 26.3 Å². The van der Waals surface area contributed by atoms with Gasteiger partial charge in [0.1, 0.15) is 6.54 Å². The summed E-state index contributed by atoms with van der Waals surface area (Å²) in [7, 11) is 2.09. The maximum atomic E-state index is 11.2. The maximum absolute atomic E-state index is 11.2. The van der Waals surface area contributed by atoms with E-state index >= 15 is 0 Å². The summed E-state index contributed by atoms with van der Waals surface area (Å²) in [6.45, 7) is 11.8. The third-order valence-corrected chi connectivity index (χ3v) is 2.92. The molecule has 0 saturated carbocycles. The number of quaternary nitrogens is 1. The van der Waals surface area contributed by atoms with E-state index in [0.717, 1.165) is 17.6 Å². The number of carbonyl (C=O) groups excluding carboxylic acids is 1. The Morgan fingerprint density at radius 2 is 1.93 bits per heavy atom. The van der Waals surface area contributed by atoms with Gasteiger partial charge in [0, 0.05) is 5.57 Å². The molecule has 1 atom stereocenters. The SMILES string of the molecule is C=C(C)C(=O)OC(Cl)C[N+](C)(CC)CC. The Balaban J connectivity index is 4.19. The van der Waals surface area contributed by atoms with Crippen molar-refractivity contribution < 1.29 is 14.0 Å². The number of ether oxygens (including phenoxy) is 1. The smallest absolute Gasteiger partial charge is 0.334 e. The first-order valence-electron chi connectivity index (χ1n) is 5.18. The molecular formula is C11H21ClNO2+. The number of likely N-dealkylation sites (N-methyl/N-ethyl adjacent to an activating group) is 1. The van der Waals surface area contributed by atoms with Gasteiger partial charge in [-0.3, -0.25) is 0 Å². The van der Waals surface area contributed by atoms with E-state index in [1.807, 2.05) is 0 Å². The van der Waals surface area contributed by atoms with Gasteiger partial charge in [-0.2, -0.15) is 0 Å². The van der Waals surface area contributed by atoms with Crippen LogP contribution in [0.15, 0.2) is 12.2 Å². The van der Waals surface area contributed by atoms with Crippen LogP contribution in [0.3, 0.4) is 0 Å². The second kappa shape index (κ2) is 6.13. The Morgan fingerprint density at radius 1 is 1.47 bits per heavy atom. The summed E-state index contributed by atoms with van der Waals surface area (Å²) in [5.41, 5.74) is -0.207. The zero-order chi connectivity index (χ0) is 12.1. The third kappa shape index (κ3) is 5.19. The monoisotopic (exact) mass is 234 g/mol. The zero-order valence-electron chi connectivity index (χ0n) is 10.0. The van der Waals surface area contributed by atoms with E-state index in [4.69, 9.17) is 16.3 Å². The lowest BCUT2D eigenvalue weighted by atomic mass is 10.3. The first-order valence-corrected chi connectivity index (χ1v) is 5.62. The van der Waals surface area contributed by atoms with E-state index < -0.39 is 11.5 Å². The third-order valence-electron chi connectivity index (χ3n) is 2.69. The quantitative estimate of drug-likeness (QED) is 0.305. The van der Waals surface area contributed by atoms with Crippen LogP contribution in [-0.2, 0) is 9.53 Å². The van der Waals surface area contributed by atoms with Gasteiger partial charge >= 0.3 is 5.97 Å². The average molecular weight is 235 g/mol. The van der Waals surface area contributed by atoms with Crippen LogP contribution >= 0.6 is 11.6 Å². The molecular weight excluding hydrogens is 214 g/mol. The van der Waals surface area contributed by atoms with Crippen LogP contribution in [0.5, 0.6) is 0 Å². The fourth-order valence-electron chi connectivity index (χ4n) is 1.08. The predicted molar refractivity (Wildman–Crippen MR) is 62.7 cm³/mol. The minimum atomic E-state index is -0.584. The Labute approximate surface area is 97.2 Å². The van der Waals surface area contributed by atoms with Gasteiger partial charge < -0.3 is 9.22 Å². The molecule has 0 aliphatic carbocycles. The summed E-state index contributed by atoms with van der Waals surface area (Å²) >= 11 is 5.96. The van der Waals surface area contributed by atoms with Crippen molar-refractivity contribution in [2.24, 2.45) is 0 Å². The van der Waals surface area contributed by atoms with E-state index in [2.05, 4.69) is 27.5 Å². The van der Waals surface area contributed by atoms with Crippen LogP contribution in [0.1, 0.15) is 20.8 Å². The van der Waals surface area contributed by atoms with Crippen LogP contribution in [0, 0.1) is 0 Å². The van der Waals surface area contributed by atoms with Crippen molar-refractivity contribution in [2.75, 3.05) is 26.7 Å². The molecule has 0 rings (SSSR count). The molecule has 4 heteroatoms. The lowest BCUT2D eigenvalue weighted by Crippen LogP contribution is -2.48. The van der Waals surface area contributed by atoms with Crippen LogP contribution < -0.4 is 0 Å². The minimum absolute atomic E-state index is 0.378. The first-order chi connectivity index (χ1) is 6.84. The Kier molecular flexibility index (Phi) is 5.91. The van der Waals surface area contributed by atoms with Gasteiger partial charge in [0.15, 0.2) is 0 Å². The van der Waals surface area contributed by atoms with Gasteiger partial charge in [-0.05, 0) is 20.8 Å². The number of hydrogen-bond acceptors (Lipinski definition) is 2. The molecule has 1 unspecified atom stereocenters. The van der Waals surface area contributed by atoms with Gasteiger partial charge in [0.05, 0.1) is 20.1 Å². The molecule has 0 aromatic heterocycles. The van der Waals surface area contributed by atoms with Crippen molar-refractivity contribution in [1.29, 1.82) is 0 Å². The highest BCUT2D eigenvalue weighted by Gasteiger charge is 2.24. The van der Waals surface area contributed by atoms with E-state index in [0.29, 0.717) is 12.1 Å². The lowest BCUT2D eigenvalue weighted by Gasteiger charge is -2.33. The molecule has 0 spiro atoms. The molecule has 0 heterocycles. The highest BCUT2D eigenvalue weighted by atomic mass is 35.5. The maximum Gasteiger partial charge on any atom is 0.334 e. The topological polar surface area (TPSA) is 26.3 Å². The van der Waals surface area contributed by atoms with Crippen LogP contribution in [0.2, 0.25) is 0 Å². The molecule has 0 aromatic carbocycles. The molecule has 15 heavy (non-hydrogen) atoms. The molecule has 0 amide bonds. The summed E-state index contributed by atoms with van der Waals surface area (Å²) in [6, 6.07) is 0. The highest BCUT2D eigenvalue weighted by molar-refractivity contribution is 6.20. The number of hydrogen-bond donors (Lipinski definition) is 0. The molecule has 0 aliphatic heterocycles. The lowest BCUT2D eigenvalue weighted by molar-refractivity contribution is -0.907. The normalized spacial score (nSPS) is 13.4. The number of rotatable bonds is 6. The largest absolute Gasteiger partial charge is 0.436 e. The van der Waals surface area contributed by atoms with E-state index in [1.54, 1.807) is 6.92 Å². The van der Waals surface area contributed by atoms with Gasteiger partial charge in [-0.1, -0.05) is 18.2 Å². The Bertz CT molecular complexity index is 237. The van der Waals surface area contributed by atoms with Crippen molar-refractivity contribution in [1.82, 2.24) is 0 Å². The highest BCUT2D eigenvalue weighted by Crippen LogP contribution is 2.10. The summed E-state index contributed by atoms with van der Waals surface area (Å²) in [5, 5.41) is 0. The van der Waals surface area contributed by atoms with Gasteiger partial charge in [0.2, 0.25) is 5.56 Å². The molecule has 88 valence electrons. The molecule has 0 fully saturated rings. The Hall–Kier alpha value is -0.540. The summed E-state index contributed by atoms with van der Waals surface area (Å²) in [5.74, 6) is -0.422. The van der Waals surface area contributed by atoms with Gasteiger partial charge in [-0.25, -0.2) is 4.79 Å². The average Bonchev–Trinajstić information content (AvgIpc) is 2.17. The molecule has 0 aromatic rings. The molecule has 0 aliphatic rings. The molecule has 3 nitrogen and oxygen atoms in total. The molecule has 0 saturated heterocycles. The summed E-state index contributed by atoms with van der Waals surface area (Å²) in [6.07, 6.45) is 0. The molecule has 0 N–H and O–H groups in total. The van der Waals surface area contributed by atoms with Crippen LogP contribution in [-0.4, -0.2) is 42.7 Å². The van der Waals surface area contributed by atoms with Crippen molar-refractivity contribution in [3.63, 3.8) is 0 Å². The van der Waals surface area contributed by atoms with Crippen LogP contribution in [0.25, 0.3) is 0 Å². The standard InChI is InChI=1S/C11H21ClNO2/c1-6-13(5,7-2)8-10(12)15-11(14)9(3)4/h10H,3,6-8H2,1-2,4-5H3/q+1. The number of halogens is 1. The van der Waals surface area contributed by atoms with Crippen molar-refractivity contribution >= 4 is 17.6 Å². The summed E-state index contributed by atoms with van der Waals surface area (Å²) < 4.78 is 5.81. The number of nitrogens with zero attached hydrogens (tertiary/aromatic N) is 1. The van der Waals surface area contributed by atoms with Gasteiger partial charge in [0.25, 0.3) is 0 Å². The van der Waals surface area contributed by atoms with E-state index in [1.165, 1.54) is 0 Å². The van der Waals surface area contributed by atoms with E-state index in [-0.39, 0.29) is 0 Å². The van der Waals surface area contributed by atoms with Crippen molar-refractivity contribution in [3.05, 3.63) is 12.2 Å². The minimum Gasteiger partial charge on any atom is -0.436 e. The van der Waals surface area contributed by atoms with Crippen LogP contribution in [0.4, 0.5) is 0 Å². The number of alkyl halides is 1. The second-order valence-corrected chi connectivity index (χ2v) is 4.52. The van der Waals surface area contributed by atoms with E-state index in [9.17, 15) is 4.79 Å². The zero-order valence-corrected chi connectivity index (χ0v) is 10.8. The Morgan fingerprint density at radius 3 is 2.27 bits per heavy atom. The molecule has 0 radical (unpaired) electrons. The number of carbonyl (C=O) groups is 1. The second-order valence-electron chi connectivity index (χ2n) is 4.03. The van der Waals surface area contributed by atoms with Gasteiger partial charge in [-0.15, -0.1) is 0 Å². The molecule has 0 bridgehead atoms. The predicted octanol–water partition coefficient (Wildman–Crippen LogP) is 2.16. The fraction of sp³-hybridized carbons (Fsp3) is 0.727. The first kappa shape index (κ1) is 14.5.